The molecule has 0 spiro atoms. The summed E-state index contributed by atoms with van der Waals surface area (Å²) in [5.74, 6) is 2.17. The molecular weight excluding hydrogens is 396 g/mol. The van der Waals surface area contributed by atoms with Crippen LogP contribution in [0.2, 0.25) is 0 Å². The number of benzene rings is 2. The van der Waals surface area contributed by atoms with Gasteiger partial charge in [-0.05, 0) is 55.3 Å². The van der Waals surface area contributed by atoms with Crippen molar-refractivity contribution in [2.24, 2.45) is 0 Å². The van der Waals surface area contributed by atoms with E-state index in [-0.39, 0.29) is 18.4 Å². The molecule has 0 aliphatic carbocycles. The third-order valence-electron chi connectivity index (χ3n) is 5.21. The molecule has 0 saturated carbocycles. The SMILES string of the molecule is CCOc1ccc(OCC(=O)N2CCCN(C(=O)Cc3ccc(OC)cc3)CC2)cc1. The first-order chi connectivity index (χ1) is 15.1. The zero-order chi connectivity index (χ0) is 22.1. The second-order valence-electron chi connectivity index (χ2n) is 7.33. The third kappa shape index (κ3) is 6.64. The predicted octanol–water partition coefficient (Wildman–Crippen LogP) is 2.78. The van der Waals surface area contributed by atoms with Gasteiger partial charge >= 0.3 is 0 Å². The van der Waals surface area contributed by atoms with Crippen LogP contribution in [0.3, 0.4) is 0 Å². The summed E-state index contributed by atoms with van der Waals surface area (Å²) in [6, 6.07) is 14.8. The van der Waals surface area contributed by atoms with Gasteiger partial charge in [-0.15, -0.1) is 0 Å². The van der Waals surface area contributed by atoms with Gasteiger partial charge in [0.2, 0.25) is 5.91 Å². The molecule has 0 unspecified atom stereocenters. The Hall–Kier alpha value is -3.22. The van der Waals surface area contributed by atoms with Crippen LogP contribution < -0.4 is 14.2 Å². The van der Waals surface area contributed by atoms with E-state index >= 15 is 0 Å². The van der Waals surface area contributed by atoms with Crippen molar-refractivity contribution in [3.05, 3.63) is 54.1 Å². The van der Waals surface area contributed by atoms with Crippen LogP contribution in [0, 0.1) is 0 Å². The lowest BCUT2D eigenvalue weighted by Crippen LogP contribution is -2.39. The van der Waals surface area contributed by atoms with Crippen LogP contribution in [0.1, 0.15) is 18.9 Å². The number of nitrogens with zero attached hydrogens (tertiary/aromatic N) is 2. The Kier molecular flexibility index (Phi) is 8.15. The lowest BCUT2D eigenvalue weighted by atomic mass is 10.1. The van der Waals surface area contributed by atoms with E-state index in [0.717, 1.165) is 23.5 Å². The van der Waals surface area contributed by atoms with Crippen molar-refractivity contribution in [1.29, 1.82) is 0 Å². The summed E-state index contributed by atoms with van der Waals surface area (Å²) in [5.41, 5.74) is 0.951. The van der Waals surface area contributed by atoms with Gasteiger partial charge in [-0.3, -0.25) is 9.59 Å². The fraction of sp³-hybridized carbons (Fsp3) is 0.417. The highest BCUT2D eigenvalue weighted by Gasteiger charge is 2.22. The number of hydrogen-bond donors (Lipinski definition) is 0. The van der Waals surface area contributed by atoms with Gasteiger partial charge in [0.1, 0.15) is 17.2 Å². The molecule has 7 nitrogen and oxygen atoms in total. The Morgan fingerprint density at radius 2 is 1.32 bits per heavy atom. The van der Waals surface area contributed by atoms with Gasteiger partial charge in [-0.25, -0.2) is 0 Å². The average molecular weight is 427 g/mol. The number of rotatable bonds is 8. The van der Waals surface area contributed by atoms with Crippen LogP contribution in [0.25, 0.3) is 0 Å². The van der Waals surface area contributed by atoms with Crippen molar-refractivity contribution < 1.29 is 23.8 Å². The molecule has 31 heavy (non-hydrogen) atoms. The summed E-state index contributed by atoms with van der Waals surface area (Å²) >= 11 is 0. The maximum atomic E-state index is 12.7. The lowest BCUT2D eigenvalue weighted by molar-refractivity contribution is -0.134. The second-order valence-corrected chi connectivity index (χ2v) is 7.33. The van der Waals surface area contributed by atoms with Crippen LogP contribution >= 0.6 is 0 Å². The van der Waals surface area contributed by atoms with Crippen molar-refractivity contribution in [3.63, 3.8) is 0 Å². The molecule has 0 N–H and O–H groups in total. The second kappa shape index (κ2) is 11.2. The molecule has 0 atom stereocenters. The molecule has 1 aliphatic heterocycles. The first kappa shape index (κ1) is 22.5. The zero-order valence-electron chi connectivity index (χ0n) is 18.2. The number of ether oxygens (including phenoxy) is 3. The summed E-state index contributed by atoms with van der Waals surface area (Å²) in [4.78, 5) is 28.9. The molecule has 2 amide bonds. The summed E-state index contributed by atoms with van der Waals surface area (Å²) < 4.78 is 16.2. The summed E-state index contributed by atoms with van der Waals surface area (Å²) in [5, 5.41) is 0. The van der Waals surface area contributed by atoms with Gasteiger partial charge in [-0.1, -0.05) is 12.1 Å². The standard InChI is InChI=1S/C24H30N2O5/c1-3-30-21-9-11-22(12-10-21)31-18-24(28)26-14-4-13-25(15-16-26)23(27)17-19-5-7-20(29-2)8-6-19/h5-12H,3-4,13-18H2,1-2H3. The lowest BCUT2D eigenvalue weighted by Gasteiger charge is -2.22. The molecule has 2 aromatic rings. The molecule has 1 heterocycles. The zero-order valence-corrected chi connectivity index (χ0v) is 18.2. The molecule has 0 radical (unpaired) electrons. The van der Waals surface area contributed by atoms with E-state index in [9.17, 15) is 9.59 Å². The topological polar surface area (TPSA) is 68.3 Å². The average Bonchev–Trinajstić information content (AvgIpc) is 3.06. The maximum Gasteiger partial charge on any atom is 0.260 e. The van der Waals surface area contributed by atoms with Crippen LogP contribution in [0.5, 0.6) is 17.2 Å². The number of hydrogen-bond acceptors (Lipinski definition) is 5. The van der Waals surface area contributed by atoms with E-state index in [4.69, 9.17) is 14.2 Å². The van der Waals surface area contributed by atoms with Crippen molar-refractivity contribution in [2.75, 3.05) is 46.5 Å². The van der Waals surface area contributed by atoms with Crippen molar-refractivity contribution in [3.8, 4) is 17.2 Å². The number of methoxy groups -OCH3 is 1. The van der Waals surface area contributed by atoms with Crippen LogP contribution in [0.4, 0.5) is 0 Å². The molecular formula is C24H30N2O5. The first-order valence-electron chi connectivity index (χ1n) is 10.6. The van der Waals surface area contributed by atoms with Gasteiger partial charge in [0.15, 0.2) is 6.61 Å². The number of carbonyl (C=O) groups excluding carboxylic acids is 2. The predicted molar refractivity (Wildman–Crippen MR) is 118 cm³/mol. The van der Waals surface area contributed by atoms with E-state index in [1.807, 2.05) is 48.2 Å². The Bertz CT molecular complexity index is 851. The first-order valence-corrected chi connectivity index (χ1v) is 10.6. The van der Waals surface area contributed by atoms with Gasteiger partial charge in [-0.2, -0.15) is 0 Å². The van der Waals surface area contributed by atoms with E-state index in [1.54, 1.807) is 24.1 Å². The highest BCUT2D eigenvalue weighted by atomic mass is 16.5. The van der Waals surface area contributed by atoms with E-state index in [0.29, 0.717) is 45.0 Å². The number of carbonyl (C=O) groups is 2. The van der Waals surface area contributed by atoms with Gasteiger partial charge in [0.05, 0.1) is 20.1 Å². The van der Waals surface area contributed by atoms with Gasteiger partial charge < -0.3 is 24.0 Å². The van der Waals surface area contributed by atoms with Crippen LogP contribution in [-0.4, -0.2) is 68.1 Å². The minimum atomic E-state index is -0.0710. The summed E-state index contributed by atoms with van der Waals surface area (Å²) in [7, 11) is 1.62. The quantitative estimate of drug-likeness (QED) is 0.649. The van der Waals surface area contributed by atoms with Crippen LogP contribution in [0.15, 0.2) is 48.5 Å². The molecule has 2 aromatic carbocycles. The Morgan fingerprint density at radius 3 is 1.90 bits per heavy atom. The van der Waals surface area contributed by atoms with Crippen molar-refractivity contribution >= 4 is 11.8 Å². The van der Waals surface area contributed by atoms with Crippen LogP contribution in [-0.2, 0) is 16.0 Å². The monoisotopic (exact) mass is 426 g/mol. The summed E-state index contributed by atoms with van der Waals surface area (Å²) in [6.07, 6.45) is 1.10. The van der Waals surface area contributed by atoms with E-state index < -0.39 is 0 Å². The fourth-order valence-corrected chi connectivity index (χ4v) is 3.48. The molecule has 1 fully saturated rings. The summed E-state index contributed by atoms with van der Waals surface area (Å²) in [6.45, 7) is 4.83. The number of amides is 2. The van der Waals surface area contributed by atoms with Gasteiger partial charge in [0, 0.05) is 26.2 Å². The van der Waals surface area contributed by atoms with E-state index in [1.165, 1.54) is 0 Å². The van der Waals surface area contributed by atoms with Gasteiger partial charge in [0.25, 0.3) is 5.91 Å². The Balaban J connectivity index is 1.45. The molecule has 0 aromatic heterocycles. The molecule has 1 saturated heterocycles. The normalized spacial score (nSPS) is 14.0. The molecule has 3 rings (SSSR count). The smallest absolute Gasteiger partial charge is 0.260 e. The molecule has 166 valence electrons. The maximum absolute atomic E-state index is 12.7. The Morgan fingerprint density at radius 1 is 0.774 bits per heavy atom. The molecule has 7 heteroatoms. The fourth-order valence-electron chi connectivity index (χ4n) is 3.48. The third-order valence-corrected chi connectivity index (χ3v) is 5.21. The minimum Gasteiger partial charge on any atom is -0.497 e. The van der Waals surface area contributed by atoms with Crippen molar-refractivity contribution in [2.45, 2.75) is 19.8 Å². The minimum absolute atomic E-state index is 0.0201. The highest BCUT2D eigenvalue weighted by molar-refractivity contribution is 5.80. The highest BCUT2D eigenvalue weighted by Crippen LogP contribution is 2.18. The molecule has 1 aliphatic rings. The largest absolute Gasteiger partial charge is 0.497 e. The van der Waals surface area contributed by atoms with E-state index in [2.05, 4.69) is 0 Å². The van der Waals surface area contributed by atoms with Crippen molar-refractivity contribution in [1.82, 2.24) is 9.80 Å². The molecule has 0 bridgehead atoms. The Labute approximate surface area is 183 Å².